The van der Waals surface area contributed by atoms with Crippen LogP contribution < -0.4 is 5.32 Å². The highest BCUT2D eigenvalue weighted by Crippen LogP contribution is 2.40. The lowest BCUT2D eigenvalue weighted by atomic mass is 9.85. The Kier molecular flexibility index (Phi) is 2.76. The predicted octanol–water partition coefficient (Wildman–Crippen LogP) is 2.88. The number of aromatic nitrogens is 1. The highest BCUT2D eigenvalue weighted by atomic mass is 32.1. The van der Waals surface area contributed by atoms with E-state index in [0.717, 1.165) is 11.8 Å². The molecule has 1 aliphatic heterocycles. The van der Waals surface area contributed by atoms with Crippen molar-refractivity contribution in [3.8, 4) is 0 Å². The van der Waals surface area contributed by atoms with E-state index >= 15 is 0 Å². The van der Waals surface area contributed by atoms with Gasteiger partial charge in [0.2, 0.25) is 0 Å². The molecule has 82 valence electrons. The molecule has 0 bridgehead atoms. The van der Waals surface area contributed by atoms with Crippen LogP contribution in [-0.2, 0) is 0 Å². The van der Waals surface area contributed by atoms with Crippen LogP contribution in [0.3, 0.4) is 0 Å². The lowest BCUT2D eigenvalue weighted by molar-refractivity contribution is 0.425. The van der Waals surface area contributed by atoms with Crippen molar-refractivity contribution in [2.24, 2.45) is 0 Å². The third-order valence-corrected chi connectivity index (χ3v) is 5.06. The van der Waals surface area contributed by atoms with Gasteiger partial charge >= 0.3 is 0 Å². The monoisotopic (exact) mass is 222 g/mol. The van der Waals surface area contributed by atoms with Gasteiger partial charge in [0, 0.05) is 17.0 Å². The van der Waals surface area contributed by atoms with E-state index in [9.17, 15) is 0 Å². The molecule has 2 heterocycles. The zero-order valence-corrected chi connectivity index (χ0v) is 9.85. The highest BCUT2D eigenvalue weighted by molar-refractivity contribution is 7.11. The van der Waals surface area contributed by atoms with E-state index in [2.05, 4.69) is 16.5 Å². The van der Waals surface area contributed by atoms with Crippen molar-refractivity contribution in [1.29, 1.82) is 0 Å². The standard InChI is InChI=1S/C12H18N2S/c1-2-9(3-1)11-8-14-12(15-11)10-4-6-13-7-5-10/h8-10,13H,1-7H2. The van der Waals surface area contributed by atoms with Gasteiger partial charge in [-0.1, -0.05) is 6.42 Å². The predicted molar refractivity (Wildman–Crippen MR) is 63.6 cm³/mol. The third kappa shape index (κ3) is 1.95. The summed E-state index contributed by atoms with van der Waals surface area (Å²) in [6.07, 6.45) is 8.91. The number of nitrogens with one attached hydrogen (secondary N) is 1. The van der Waals surface area contributed by atoms with Crippen molar-refractivity contribution in [3.63, 3.8) is 0 Å². The van der Waals surface area contributed by atoms with E-state index in [4.69, 9.17) is 0 Å². The summed E-state index contributed by atoms with van der Waals surface area (Å²) in [7, 11) is 0. The summed E-state index contributed by atoms with van der Waals surface area (Å²) in [5.74, 6) is 1.60. The minimum absolute atomic E-state index is 0.741. The Hall–Kier alpha value is -0.410. The first-order valence-corrected chi connectivity index (χ1v) is 6.91. The summed E-state index contributed by atoms with van der Waals surface area (Å²) in [6.45, 7) is 2.34. The molecule has 3 rings (SSSR count). The first-order valence-electron chi connectivity index (χ1n) is 6.10. The van der Waals surface area contributed by atoms with Crippen molar-refractivity contribution in [2.75, 3.05) is 13.1 Å². The quantitative estimate of drug-likeness (QED) is 0.832. The molecule has 0 atom stereocenters. The SMILES string of the molecule is c1nc(C2CCNCC2)sc1C1CCC1. The molecule has 2 fully saturated rings. The fourth-order valence-electron chi connectivity index (χ4n) is 2.44. The fraction of sp³-hybridized carbons (Fsp3) is 0.750. The lowest BCUT2D eigenvalue weighted by Gasteiger charge is -2.23. The molecule has 2 aliphatic rings. The molecule has 1 aromatic heterocycles. The van der Waals surface area contributed by atoms with Crippen LogP contribution in [0.2, 0.25) is 0 Å². The molecule has 0 aromatic carbocycles. The van der Waals surface area contributed by atoms with Crippen molar-refractivity contribution in [3.05, 3.63) is 16.1 Å². The molecule has 1 saturated carbocycles. The summed E-state index contributed by atoms with van der Waals surface area (Å²) in [6, 6.07) is 0. The summed E-state index contributed by atoms with van der Waals surface area (Å²) < 4.78 is 0. The average Bonchev–Trinajstić information content (AvgIpc) is 2.66. The van der Waals surface area contributed by atoms with E-state index < -0.39 is 0 Å². The Morgan fingerprint density at radius 3 is 2.60 bits per heavy atom. The van der Waals surface area contributed by atoms with E-state index in [-0.39, 0.29) is 0 Å². The van der Waals surface area contributed by atoms with Crippen LogP contribution in [0, 0.1) is 0 Å². The summed E-state index contributed by atoms with van der Waals surface area (Å²) in [4.78, 5) is 6.18. The zero-order valence-electron chi connectivity index (χ0n) is 9.04. The largest absolute Gasteiger partial charge is 0.317 e. The maximum Gasteiger partial charge on any atom is 0.0959 e. The van der Waals surface area contributed by atoms with E-state index in [1.165, 1.54) is 50.2 Å². The number of rotatable bonds is 2. The molecule has 0 unspecified atom stereocenters. The highest BCUT2D eigenvalue weighted by Gasteiger charge is 2.24. The summed E-state index contributed by atoms with van der Waals surface area (Å²) in [5.41, 5.74) is 0. The number of nitrogens with zero attached hydrogens (tertiary/aromatic N) is 1. The molecular weight excluding hydrogens is 204 g/mol. The van der Waals surface area contributed by atoms with Crippen LogP contribution in [0.15, 0.2) is 6.20 Å². The second kappa shape index (κ2) is 4.22. The van der Waals surface area contributed by atoms with Gasteiger partial charge in [0.15, 0.2) is 0 Å². The van der Waals surface area contributed by atoms with Gasteiger partial charge in [-0.2, -0.15) is 0 Å². The van der Waals surface area contributed by atoms with Gasteiger partial charge < -0.3 is 5.32 Å². The van der Waals surface area contributed by atoms with Gasteiger partial charge in [0.1, 0.15) is 0 Å². The van der Waals surface area contributed by atoms with Crippen LogP contribution in [0.5, 0.6) is 0 Å². The Morgan fingerprint density at radius 1 is 1.13 bits per heavy atom. The van der Waals surface area contributed by atoms with Gasteiger partial charge in [-0.3, -0.25) is 0 Å². The van der Waals surface area contributed by atoms with Gasteiger partial charge in [0.05, 0.1) is 5.01 Å². The molecule has 2 nitrogen and oxygen atoms in total. The van der Waals surface area contributed by atoms with Gasteiger partial charge in [-0.25, -0.2) is 4.98 Å². The maximum absolute atomic E-state index is 4.63. The van der Waals surface area contributed by atoms with Crippen LogP contribution in [0.25, 0.3) is 0 Å². The molecule has 0 radical (unpaired) electrons. The van der Waals surface area contributed by atoms with Crippen LogP contribution in [0.1, 0.15) is 53.8 Å². The molecule has 3 heteroatoms. The lowest BCUT2D eigenvalue weighted by Crippen LogP contribution is -2.26. The van der Waals surface area contributed by atoms with E-state index in [1.807, 2.05) is 11.3 Å². The van der Waals surface area contributed by atoms with E-state index in [1.54, 1.807) is 4.88 Å². The number of hydrogen-bond acceptors (Lipinski definition) is 3. The first kappa shape index (κ1) is 9.79. The van der Waals surface area contributed by atoms with Gasteiger partial charge in [0.25, 0.3) is 0 Å². The third-order valence-electron chi connectivity index (χ3n) is 3.74. The number of thiazole rings is 1. The Labute approximate surface area is 95.1 Å². The van der Waals surface area contributed by atoms with Gasteiger partial charge in [-0.15, -0.1) is 11.3 Å². The zero-order chi connectivity index (χ0) is 10.1. The smallest absolute Gasteiger partial charge is 0.0959 e. The molecule has 1 aliphatic carbocycles. The van der Waals surface area contributed by atoms with Gasteiger partial charge in [-0.05, 0) is 44.7 Å². The molecule has 1 aromatic rings. The number of piperidine rings is 1. The minimum atomic E-state index is 0.741. The van der Waals surface area contributed by atoms with E-state index in [0.29, 0.717) is 0 Å². The summed E-state index contributed by atoms with van der Waals surface area (Å²) >= 11 is 1.98. The molecule has 0 spiro atoms. The topological polar surface area (TPSA) is 24.9 Å². The molecule has 15 heavy (non-hydrogen) atoms. The van der Waals surface area contributed by atoms with Crippen molar-refractivity contribution in [2.45, 2.75) is 43.9 Å². The molecular formula is C12H18N2S. The average molecular weight is 222 g/mol. The Bertz CT molecular complexity index is 324. The first-order chi connectivity index (χ1) is 7.43. The van der Waals surface area contributed by atoms with Crippen molar-refractivity contribution in [1.82, 2.24) is 10.3 Å². The molecule has 1 N–H and O–H groups in total. The normalized spacial score (nSPS) is 24.0. The minimum Gasteiger partial charge on any atom is -0.317 e. The summed E-state index contributed by atoms with van der Waals surface area (Å²) in [5, 5.41) is 4.81. The van der Waals surface area contributed by atoms with Crippen LogP contribution in [-0.4, -0.2) is 18.1 Å². The Morgan fingerprint density at radius 2 is 1.93 bits per heavy atom. The van der Waals surface area contributed by atoms with Crippen molar-refractivity contribution >= 4 is 11.3 Å². The second-order valence-corrected chi connectivity index (χ2v) is 5.85. The van der Waals surface area contributed by atoms with Crippen molar-refractivity contribution < 1.29 is 0 Å². The second-order valence-electron chi connectivity index (χ2n) is 4.75. The maximum atomic E-state index is 4.63. The fourth-order valence-corrected chi connectivity index (χ4v) is 3.70. The Balaban J connectivity index is 1.71. The van der Waals surface area contributed by atoms with Crippen LogP contribution in [0.4, 0.5) is 0 Å². The van der Waals surface area contributed by atoms with Crippen LogP contribution >= 0.6 is 11.3 Å². The number of hydrogen-bond donors (Lipinski definition) is 1. The molecule has 1 saturated heterocycles. The molecule has 0 amide bonds.